The zero-order valence-electron chi connectivity index (χ0n) is 21.4. The van der Waals surface area contributed by atoms with Crippen LogP contribution in [0.5, 0.6) is 0 Å². The van der Waals surface area contributed by atoms with Gasteiger partial charge in [-0.25, -0.2) is 4.79 Å². The van der Waals surface area contributed by atoms with E-state index in [0.29, 0.717) is 5.69 Å². The molecule has 2 heterocycles. The minimum Gasteiger partial charge on any atom is -0.505 e. The Kier molecular flexibility index (Phi) is 12.0. The third kappa shape index (κ3) is 9.69. The van der Waals surface area contributed by atoms with Gasteiger partial charge in [-0.05, 0) is 69.2 Å². The van der Waals surface area contributed by atoms with Gasteiger partial charge in [0.25, 0.3) is 0 Å². The summed E-state index contributed by atoms with van der Waals surface area (Å²) in [6.45, 7) is 9.93. The fraction of sp³-hybridized carbons (Fsp3) is 0.259. The van der Waals surface area contributed by atoms with Gasteiger partial charge in [0.15, 0.2) is 0 Å². The number of aromatic nitrogens is 2. The molecule has 3 aromatic rings. The topological polar surface area (TPSA) is 68.2 Å². The lowest BCUT2D eigenvalue weighted by Crippen LogP contribution is -2.27. The smallest absolute Gasteiger partial charge is 0.416 e. The number of halogens is 3. The second-order valence-electron chi connectivity index (χ2n) is 7.70. The van der Waals surface area contributed by atoms with Crippen LogP contribution in [0.15, 0.2) is 85.2 Å². The molecule has 0 unspecified atom stereocenters. The van der Waals surface area contributed by atoms with Crippen LogP contribution in [0.1, 0.15) is 25.0 Å². The first kappa shape index (κ1) is 30.0. The quantitative estimate of drug-likeness (QED) is 0.293. The van der Waals surface area contributed by atoms with Crippen LogP contribution in [0.2, 0.25) is 0 Å². The van der Waals surface area contributed by atoms with Gasteiger partial charge in [-0.3, -0.25) is 4.98 Å². The Labute approximate surface area is 210 Å². The summed E-state index contributed by atoms with van der Waals surface area (Å²) in [7, 11) is 3.47. The number of benzene rings is 1. The molecular weight excluding hydrogens is 469 g/mol. The number of pyridine rings is 1. The monoisotopic (exact) mass is 502 g/mol. The number of alkyl halides is 3. The van der Waals surface area contributed by atoms with Gasteiger partial charge in [-0.15, -0.1) is 0 Å². The largest absolute Gasteiger partial charge is 0.505 e. The first-order chi connectivity index (χ1) is 16.9. The van der Waals surface area contributed by atoms with Crippen LogP contribution in [-0.2, 0) is 11.8 Å². The number of urea groups is 1. The number of hydrogen-bond donors (Lipinski definition) is 2. The summed E-state index contributed by atoms with van der Waals surface area (Å²) in [5, 5.41) is 6.01. The third-order valence-corrected chi connectivity index (χ3v) is 4.79. The van der Waals surface area contributed by atoms with Crippen LogP contribution in [0.4, 0.5) is 23.7 Å². The summed E-state index contributed by atoms with van der Waals surface area (Å²) < 4.78 is 44.5. The first-order valence-electron chi connectivity index (χ1n) is 11.0. The number of fused-ring (bicyclic) bond motifs is 1. The summed E-state index contributed by atoms with van der Waals surface area (Å²) in [6.07, 6.45) is 4.29. The highest BCUT2D eigenvalue weighted by atomic mass is 19.4. The second-order valence-corrected chi connectivity index (χ2v) is 7.70. The molecule has 2 N–H and O–H groups in total. The summed E-state index contributed by atoms with van der Waals surface area (Å²) in [4.78, 5) is 16.0. The fourth-order valence-electron chi connectivity index (χ4n) is 3.13. The normalized spacial score (nSPS) is 11.5. The van der Waals surface area contributed by atoms with Crippen molar-refractivity contribution < 1.29 is 22.7 Å². The Morgan fingerprint density at radius 1 is 1.17 bits per heavy atom. The van der Waals surface area contributed by atoms with Crippen LogP contribution in [0.3, 0.4) is 0 Å². The van der Waals surface area contributed by atoms with Crippen molar-refractivity contribution in [1.82, 2.24) is 14.9 Å². The number of carbonyl (C=O) groups excluding carboxylic acids is 1. The van der Waals surface area contributed by atoms with E-state index in [2.05, 4.69) is 26.9 Å². The molecule has 1 aromatic carbocycles. The van der Waals surface area contributed by atoms with Crippen LogP contribution >= 0.6 is 0 Å². The van der Waals surface area contributed by atoms with Gasteiger partial charge in [0.2, 0.25) is 0 Å². The van der Waals surface area contributed by atoms with Gasteiger partial charge in [0.1, 0.15) is 0 Å². The van der Waals surface area contributed by atoms with Gasteiger partial charge in [-0.2, -0.15) is 13.2 Å². The SMILES string of the molecule is C/C=C(\C=C(/C)NC(=O)Nc1cccc2c1c(C)cn2C)C(F)(F)F.C=COC.Cc1ccncc1. The Bertz CT molecular complexity index is 1200. The third-order valence-electron chi connectivity index (χ3n) is 4.79. The van der Waals surface area contributed by atoms with Crippen molar-refractivity contribution in [3.8, 4) is 0 Å². The van der Waals surface area contributed by atoms with Gasteiger partial charge < -0.3 is 19.9 Å². The first-order valence-corrected chi connectivity index (χ1v) is 11.0. The van der Waals surface area contributed by atoms with Crippen molar-refractivity contribution in [2.75, 3.05) is 12.4 Å². The number of carbonyl (C=O) groups is 1. The Balaban J connectivity index is 0.000000486. The highest BCUT2D eigenvalue weighted by Crippen LogP contribution is 2.28. The molecule has 0 bridgehead atoms. The number of nitrogens with zero attached hydrogens (tertiary/aromatic N) is 2. The highest BCUT2D eigenvalue weighted by Gasteiger charge is 2.31. The predicted molar refractivity (Wildman–Crippen MR) is 140 cm³/mol. The maximum Gasteiger partial charge on any atom is 0.416 e. The maximum absolute atomic E-state index is 12.7. The van der Waals surface area contributed by atoms with E-state index in [-0.39, 0.29) is 5.70 Å². The molecule has 0 saturated heterocycles. The Morgan fingerprint density at radius 2 is 1.78 bits per heavy atom. The molecule has 2 aromatic heterocycles. The van der Waals surface area contributed by atoms with E-state index < -0.39 is 17.8 Å². The molecule has 0 aliphatic carbocycles. The zero-order chi connectivity index (χ0) is 27.3. The molecule has 9 heteroatoms. The average molecular weight is 503 g/mol. The van der Waals surface area contributed by atoms with Crippen molar-refractivity contribution in [3.63, 3.8) is 0 Å². The van der Waals surface area contributed by atoms with E-state index in [1.165, 1.54) is 25.7 Å². The number of methoxy groups -OCH3 is 1. The van der Waals surface area contributed by atoms with Crippen molar-refractivity contribution in [3.05, 3.63) is 96.3 Å². The molecule has 0 spiro atoms. The molecule has 6 nitrogen and oxygen atoms in total. The molecule has 3 rings (SSSR count). The molecule has 194 valence electrons. The molecular formula is C27H33F3N4O2. The minimum atomic E-state index is -4.46. The molecule has 0 atom stereocenters. The van der Waals surface area contributed by atoms with E-state index >= 15 is 0 Å². The Hall–Kier alpha value is -4.01. The van der Waals surface area contributed by atoms with Crippen molar-refractivity contribution in [2.24, 2.45) is 7.05 Å². The number of amides is 2. The molecule has 36 heavy (non-hydrogen) atoms. The van der Waals surface area contributed by atoms with E-state index in [0.717, 1.165) is 28.6 Å². The number of anilines is 1. The zero-order valence-corrected chi connectivity index (χ0v) is 21.4. The van der Waals surface area contributed by atoms with Crippen molar-refractivity contribution >= 4 is 22.6 Å². The summed E-state index contributed by atoms with van der Waals surface area (Å²) in [5.41, 5.74) is 3.09. The van der Waals surface area contributed by atoms with Gasteiger partial charge in [-0.1, -0.05) is 18.7 Å². The molecule has 0 fully saturated rings. The van der Waals surface area contributed by atoms with Crippen LogP contribution < -0.4 is 10.6 Å². The van der Waals surface area contributed by atoms with Gasteiger partial charge >= 0.3 is 12.2 Å². The van der Waals surface area contributed by atoms with Crippen molar-refractivity contribution in [1.29, 1.82) is 0 Å². The number of nitrogens with one attached hydrogen (secondary N) is 2. The number of allylic oxidation sites excluding steroid dienone is 4. The van der Waals surface area contributed by atoms with E-state index in [1.807, 2.05) is 55.9 Å². The number of aryl methyl sites for hydroxylation is 3. The number of rotatable bonds is 4. The van der Waals surface area contributed by atoms with Gasteiger partial charge in [0, 0.05) is 36.7 Å². The molecule has 0 saturated carbocycles. The second kappa shape index (κ2) is 14.4. The molecule has 0 radical (unpaired) electrons. The van der Waals surface area contributed by atoms with E-state index in [9.17, 15) is 18.0 Å². The number of ether oxygens (including phenoxy) is 1. The number of hydrogen-bond acceptors (Lipinski definition) is 3. The highest BCUT2D eigenvalue weighted by molar-refractivity contribution is 6.02. The summed E-state index contributed by atoms with van der Waals surface area (Å²) in [6, 6.07) is 8.84. The Morgan fingerprint density at radius 3 is 2.25 bits per heavy atom. The molecule has 0 aliphatic rings. The van der Waals surface area contributed by atoms with Crippen LogP contribution in [0.25, 0.3) is 10.9 Å². The standard InChI is InChI=1S/C18H20F3N3O.C6H7N.C3H6O/c1-5-13(18(19,20)21)9-12(3)22-17(25)23-14-7-6-8-15-16(14)11(2)10-24(15)4;1-6-2-4-7-5-3-6;1-3-4-2/h5-10H,1-4H3,(H2,22,23,25);2-5H,1H3;3H,1H2,2H3/b12-9+,13-5+;;. The molecule has 0 aliphatic heterocycles. The lowest BCUT2D eigenvalue weighted by molar-refractivity contribution is -0.0884. The van der Waals surface area contributed by atoms with Crippen LogP contribution in [0, 0.1) is 13.8 Å². The lowest BCUT2D eigenvalue weighted by atomic mass is 10.1. The van der Waals surface area contributed by atoms with Crippen molar-refractivity contribution in [2.45, 2.75) is 33.9 Å². The summed E-state index contributed by atoms with van der Waals surface area (Å²) in [5.74, 6) is 0. The summed E-state index contributed by atoms with van der Waals surface area (Å²) >= 11 is 0. The lowest BCUT2D eigenvalue weighted by Gasteiger charge is -2.12. The van der Waals surface area contributed by atoms with E-state index in [4.69, 9.17) is 0 Å². The molecule has 2 amide bonds. The van der Waals surface area contributed by atoms with E-state index in [1.54, 1.807) is 25.6 Å². The predicted octanol–water partition coefficient (Wildman–Crippen LogP) is 7.19. The fourth-order valence-corrected chi connectivity index (χ4v) is 3.13. The van der Waals surface area contributed by atoms with Crippen LogP contribution in [-0.4, -0.2) is 28.9 Å². The minimum absolute atomic E-state index is 0.0971. The average Bonchev–Trinajstić information content (AvgIpc) is 3.12. The maximum atomic E-state index is 12.7. The van der Waals surface area contributed by atoms with Gasteiger partial charge in [0.05, 0.1) is 30.1 Å².